The number of allylic oxidation sites excluding steroid dienone is 1. The van der Waals surface area contributed by atoms with Gasteiger partial charge in [-0.3, -0.25) is 4.79 Å². The Labute approximate surface area is 194 Å². The van der Waals surface area contributed by atoms with Crippen molar-refractivity contribution >= 4 is 27.8 Å². The van der Waals surface area contributed by atoms with Crippen LogP contribution in [-0.4, -0.2) is 12.6 Å². The number of carbonyl (C=O) groups is 1. The normalized spacial score (nSPS) is 15.7. The first-order chi connectivity index (χ1) is 15.5. The molecule has 0 aromatic heterocycles. The van der Waals surface area contributed by atoms with Crippen molar-refractivity contribution in [2.24, 2.45) is 0 Å². The van der Waals surface area contributed by atoms with Gasteiger partial charge in [0.2, 0.25) is 5.78 Å². The number of fused-ring (bicyclic) bond motifs is 2. The molecule has 0 amide bonds. The molecule has 2 aliphatic rings. The summed E-state index contributed by atoms with van der Waals surface area (Å²) < 4.78 is 23.9. The lowest BCUT2D eigenvalue weighted by atomic mass is 10.0. The van der Waals surface area contributed by atoms with Gasteiger partial charge in [-0.15, -0.1) is 0 Å². The van der Waals surface area contributed by atoms with Crippen molar-refractivity contribution in [2.75, 3.05) is 6.79 Å². The van der Waals surface area contributed by atoms with E-state index in [1.165, 1.54) is 5.56 Å². The van der Waals surface area contributed by atoms with Gasteiger partial charge < -0.3 is 18.9 Å². The van der Waals surface area contributed by atoms with Gasteiger partial charge in [-0.25, -0.2) is 0 Å². The Morgan fingerprint density at radius 1 is 1.09 bits per heavy atom. The first-order valence-corrected chi connectivity index (χ1v) is 11.1. The molecule has 0 radical (unpaired) electrons. The van der Waals surface area contributed by atoms with E-state index in [2.05, 4.69) is 28.9 Å². The van der Waals surface area contributed by atoms with Gasteiger partial charge in [0.25, 0.3) is 0 Å². The number of ketones is 1. The number of halogens is 1. The lowest BCUT2D eigenvalue weighted by molar-refractivity contribution is -0.0165. The zero-order valence-electron chi connectivity index (χ0n) is 17.7. The minimum atomic E-state index is -0.149. The lowest BCUT2D eigenvalue weighted by Crippen LogP contribution is -2.12. The van der Waals surface area contributed by atoms with Crippen molar-refractivity contribution in [2.45, 2.75) is 27.1 Å². The third-order valence-corrected chi connectivity index (χ3v) is 6.05. The summed E-state index contributed by atoms with van der Waals surface area (Å²) in [4.78, 5) is 13.1. The molecule has 3 aromatic rings. The number of carbonyl (C=O) groups excluding carboxylic acids is 1. The van der Waals surface area contributed by atoms with Gasteiger partial charge in [0, 0.05) is 21.7 Å². The second-order valence-corrected chi connectivity index (χ2v) is 8.78. The molecule has 0 unspecified atom stereocenters. The van der Waals surface area contributed by atoms with Crippen LogP contribution in [0.4, 0.5) is 0 Å². The van der Waals surface area contributed by atoms with Gasteiger partial charge in [-0.1, -0.05) is 40.2 Å². The number of hydrogen-bond acceptors (Lipinski definition) is 5. The Balaban J connectivity index is 1.43. The van der Waals surface area contributed by atoms with Crippen LogP contribution in [0.5, 0.6) is 17.2 Å². The summed E-state index contributed by atoms with van der Waals surface area (Å²) in [5, 5.41) is 0. The van der Waals surface area contributed by atoms with Crippen molar-refractivity contribution in [3.05, 3.63) is 92.1 Å². The molecule has 0 N–H and O–H groups in total. The van der Waals surface area contributed by atoms with E-state index in [0.717, 1.165) is 26.7 Å². The van der Waals surface area contributed by atoms with Gasteiger partial charge in [-0.2, -0.15) is 0 Å². The summed E-state index contributed by atoms with van der Waals surface area (Å²) in [6.07, 6.45) is 1.73. The third-order valence-electron chi connectivity index (χ3n) is 5.59. The van der Waals surface area contributed by atoms with Crippen molar-refractivity contribution in [1.29, 1.82) is 0 Å². The molecule has 6 heteroatoms. The molecule has 0 saturated heterocycles. The summed E-state index contributed by atoms with van der Waals surface area (Å²) >= 11 is 3.51. The number of ether oxygens (including phenoxy) is 4. The van der Waals surface area contributed by atoms with E-state index in [1.807, 2.05) is 43.3 Å². The zero-order chi connectivity index (χ0) is 22.2. The van der Waals surface area contributed by atoms with Crippen LogP contribution in [0.15, 0.2) is 58.8 Å². The highest BCUT2D eigenvalue weighted by Gasteiger charge is 2.30. The van der Waals surface area contributed by atoms with Crippen molar-refractivity contribution in [1.82, 2.24) is 0 Å². The van der Waals surface area contributed by atoms with E-state index < -0.39 is 0 Å². The monoisotopic (exact) mass is 492 g/mol. The van der Waals surface area contributed by atoms with Crippen LogP contribution in [0.25, 0.3) is 6.08 Å². The highest BCUT2D eigenvalue weighted by atomic mass is 79.9. The second kappa shape index (κ2) is 8.45. The summed E-state index contributed by atoms with van der Waals surface area (Å²) in [7, 11) is 0. The maximum absolute atomic E-state index is 13.1. The van der Waals surface area contributed by atoms with Crippen molar-refractivity contribution in [3.63, 3.8) is 0 Å². The van der Waals surface area contributed by atoms with Crippen LogP contribution in [0.2, 0.25) is 0 Å². The fourth-order valence-electron chi connectivity index (χ4n) is 3.95. The first-order valence-electron chi connectivity index (χ1n) is 10.3. The van der Waals surface area contributed by atoms with E-state index in [9.17, 15) is 4.79 Å². The molecular formula is C26H21BrO5. The SMILES string of the molecule is Cc1ccccc1COc1cc(C)c2c(c1)O/C(=C\c1cc(Br)cc3c1OCOC3)C2=O. The predicted octanol–water partition coefficient (Wildman–Crippen LogP) is 6.13. The van der Waals surface area contributed by atoms with Crippen LogP contribution in [0.1, 0.15) is 38.2 Å². The molecule has 0 spiro atoms. The van der Waals surface area contributed by atoms with Crippen molar-refractivity contribution < 1.29 is 23.7 Å². The average Bonchev–Trinajstić information content (AvgIpc) is 3.08. The standard InChI is InChI=1S/C26H21BrO5/c1-15-5-3-4-6-17(15)13-30-21-7-16(2)24-22(11-21)32-23(25(24)28)10-18-8-20(27)9-19-12-29-14-31-26(18)19/h3-11H,12-14H2,1-2H3/b23-10-. The Morgan fingerprint density at radius 2 is 1.94 bits per heavy atom. The van der Waals surface area contributed by atoms with Crippen LogP contribution >= 0.6 is 15.9 Å². The Hall–Kier alpha value is -3.09. The number of hydrogen-bond donors (Lipinski definition) is 0. The fourth-order valence-corrected chi connectivity index (χ4v) is 4.47. The largest absolute Gasteiger partial charge is 0.489 e. The molecule has 2 aliphatic heterocycles. The van der Waals surface area contributed by atoms with Crippen molar-refractivity contribution in [3.8, 4) is 17.2 Å². The summed E-state index contributed by atoms with van der Waals surface area (Å²) in [5.41, 5.74) is 5.36. The lowest BCUT2D eigenvalue weighted by Gasteiger charge is -2.20. The van der Waals surface area contributed by atoms with Crippen LogP contribution < -0.4 is 14.2 Å². The third kappa shape index (κ3) is 3.92. The molecule has 5 nitrogen and oxygen atoms in total. The van der Waals surface area contributed by atoms with Crippen LogP contribution in [0.3, 0.4) is 0 Å². The molecule has 2 heterocycles. The molecule has 3 aromatic carbocycles. The Bertz CT molecular complexity index is 1260. The molecule has 5 rings (SSSR count). The predicted molar refractivity (Wildman–Crippen MR) is 124 cm³/mol. The molecule has 0 bridgehead atoms. The van der Waals surface area contributed by atoms with E-state index in [4.69, 9.17) is 18.9 Å². The first kappa shape index (κ1) is 20.8. The van der Waals surface area contributed by atoms with Gasteiger partial charge in [-0.05, 0) is 54.8 Å². The van der Waals surface area contributed by atoms with Crippen LogP contribution in [0, 0.1) is 13.8 Å². The Kier molecular flexibility index (Phi) is 5.49. The topological polar surface area (TPSA) is 54.0 Å². The fraction of sp³-hybridized carbons (Fsp3) is 0.192. The van der Waals surface area contributed by atoms with E-state index in [1.54, 1.807) is 12.1 Å². The smallest absolute Gasteiger partial charge is 0.232 e. The summed E-state index contributed by atoms with van der Waals surface area (Å²) in [6, 6.07) is 15.6. The molecule has 162 valence electrons. The molecule has 32 heavy (non-hydrogen) atoms. The molecule has 0 atom stereocenters. The van der Waals surface area contributed by atoms with E-state index >= 15 is 0 Å². The average molecular weight is 493 g/mol. The highest BCUT2D eigenvalue weighted by molar-refractivity contribution is 9.10. The zero-order valence-corrected chi connectivity index (χ0v) is 19.3. The maximum Gasteiger partial charge on any atom is 0.232 e. The van der Waals surface area contributed by atoms with E-state index in [0.29, 0.717) is 36.0 Å². The Morgan fingerprint density at radius 3 is 2.78 bits per heavy atom. The van der Waals surface area contributed by atoms with Crippen LogP contribution in [-0.2, 0) is 18.0 Å². The summed E-state index contributed by atoms with van der Waals surface area (Å²) in [6.45, 7) is 5.04. The van der Waals surface area contributed by atoms with Gasteiger partial charge in [0.15, 0.2) is 12.6 Å². The number of Topliss-reactive ketones (excluding diaryl/α,β-unsaturated/α-hetero) is 1. The molecule has 0 saturated carbocycles. The molecule has 0 aliphatic carbocycles. The maximum atomic E-state index is 13.1. The minimum Gasteiger partial charge on any atom is -0.489 e. The molecule has 0 fully saturated rings. The number of aryl methyl sites for hydroxylation is 2. The minimum absolute atomic E-state index is 0.149. The highest BCUT2D eigenvalue weighted by Crippen LogP contribution is 2.39. The quantitative estimate of drug-likeness (QED) is 0.410. The van der Waals surface area contributed by atoms with E-state index in [-0.39, 0.29) is 18.3 Å². The van der Waals surface area contributed by atoms with Gasteiger partial charge in [0.1, 0.15) is 23.9 Å². The van der Waals surface area contributed by atoms with Gasteiger partial charge in [0.05, 0.1) is 12.2 Å². The second-order valence-electron chi connectivity index (χ2n) is 7.86. The summed E-state index contributed by atoms with van der Waals surface area (Å²) in [5.74, 6) is 1.99. The number of rotatable bonds is 4. The van der Waals surface area contributed by atoms with Gasteiger partial charge >= 0.3 is 0 Å². The molecular weight excluding hydrogens is 472 g/mol. The number of benzene rings is 3.